The summed E-state index contributed by atoms with van der Waals surface area (Å²) in [6.45, 7) is 0.376. The first kappa shape index (κ1) is 12.0. The Morgan fingerprint density at radius 3 is 2.87 bits per heavy atom. The summed E-state index contributed by atoms with van der Waals surface area (Å²) >= 11 is 3.33. The van der Waals surface area contributed by atoms with Crippen LogP contribution in [0.1, 0.15) is 6.42 Å². The van der Waals surface area contributed by atoms with E-state index in [9.17, 15) is 4.79 Å². The lowest BCUT2D eigenvalue weighted by molar-refractivity contribution is -0.119. The van der Waals surface area contributed by atoms with Gasteiger partial charge in [-0.25, -0.2) is 0 Å². The summed E-state index contributed by atoms with van der Waals surface area (Å²) in [5.74, 6) is 0.230. The van der Waals surface area contributed by atoms with Gasteiger partial charge < -0.3 is 16.2 Å². The van der Waals surface area contributed by atoms with Gasteiger partial charge in [-0.15, -0.1) is 0 Å². The van der Waals surface area contributed by atoms with E-state index in [1.54, 1.807) is 0 Å². The highest BCUT2D eigenvalue weighted by atomic mass is 79.9. The van der Waals surface area contributed by atoms with E-state index in [0.29, 0.717) is 13.0 Å². The van der Waals surface area contributed by atoms with Gasteiger partial charge in [0, 0.05) is 10.9 Å². The number of nitrogens with two attached hydrogens (primary N) is 2. The van der Waals surface area contributed by atoms with Crippen molar-refractivity contribution in [2.45, 2.75) is 12.5 Å². The number of carbonyl (C=O) groups is 1. The van der Waals surface area contributed by atoms with Crippen molar-refractivity contribution in [1.29, 1.82) is 0 Å². The minimum atomic E-state index is -0.642. The predicted octanol–water partition coefficient (Wildman–Crippen LogP) is 1.03. The van der Waals surface area contributed by atoms with Crippen LogP contribution in [0.3, 0.4) is 0 Å². The fourth-order valence-corrected chi connectivity index (χ4v) is 1.38. The predicted molar refractivity (Wildman–Crippen MR) is 61.4 cm³/mol. The van der Waals surface area contributed by atoms with Crippen molar-refractivity contribution in [2.75, 3.05) is 6.61 Å². The van der Waals surface area contributed by atoms with Crippen LogP contribution in [-0.4, -0.2) is 18.6 Å². The van der Waals surface area contributed by atoms with Crippen molar-refractivity contribution >= 4 is 21.8 Å². The number of rotatable bonds is 5. The van der Waals surface area contributed by atoms with E-state index in [1.807, 2.05) is 24.3 Å². The van der Waals surface area contributed by atoms with E-state index >= 15 is 0 Å². The van der Waals surface area contributed by atoms with Gasteiger partial charge in [-0.05, 0) is 18.2 Å². The van der Waals surface area contributed by atoms with Gasteiger partial charge in [0.05, 0.1) is 12.6 Å². The van der Waals surface area contributed by atoms with Crippen molar-refractivity contribution in [2.24, 2.45) is 11.5 Å². The SMILES string of the molecule is NC(=O)C(N)CCOc1cccc(Br)c1. The van der Waals surface area contributed by atoms with Gasteiger partial charge >= 0.3 is 0 Å². The molecule has 1 aromatic carbocycles. The van der Waals surface area contributed by atoms with Gasteiger partial charge in [0.25, 0.3) is 0 Å². The Balaban J connectivity index is 2.35. The van der Waals surface area contributed by atoms with Crippen LogP contribution in [0.2, 0.25) is 0 Å². The molecule has 0 heterocycles. The average Bonchev–Trinajstić information content (AvgIpc) is 2.17. The molecule has 0 aliphatic carbocycles. The van der Waals surface area contributed by atoms with Crippen LogP contribution in [0.25, 0.3) is 0 Å². The Kier molecular flexibility index (Phi) is 4.58. The van der Waals surface area contributed by atoms with Crippen molar-refractivity contribution in [3.05, 3.63) is 28.7 Å². The van der Waals surface area contributed by atoms with Crippen LogP contribution >= 0.6 is 15.9 Å². The first-order valence-electron chi connectivity index (χ1n) is 4.53. The molecule has 0 saturated heterocycles. The molecule has 1 atom stereocenters. The van der Waals surface area contributed by atoms with Crippen LogP contribution in [0, 0.1) is 0 Å². The molecule has 1 aromatic rings. The Hall–Kier alpha value is -1.07. The minimum Gasteiger partial charge on any atom is -0.493 e. The zero-order valence-electron chi connectivity index (χ0n) is 8.15. The second-order valence-electron chi connectivity index (χ2n) is 3.10. The normalized spacial score (nSPS) is 12.1. The van der Waals surface area contributed by atoms with Crippen LogP contribution in [0.5, 0.6) is 5.75 Å². The van der Waals surface area contributed by atoms with Crippen LogP contribution in [-0.2, 0) is 4.79 Å². The summed E-state index contributed by atoms with van der Waals surface area (Å²) in [6.07, 6.45) is 0.418. The van der Waals surface area contributed by atoms with Gasteiger partial charge in [0.1, 0.15) is 5.75 Å². The molecule has 0 saturated carbocycles. The van der Waals surface area contributed by atoms with Crippen LogP contribution in [0.15, 0.2) is 28.7 Å². The lowest BCUT2D eigenvalue weighted by Crippen LogP contribution is -2.37. The van der Waals surface area contributed by atoms with Gasteiger partial charge in [-0.3, -0.25) is 4.79 Å². The quantitative estimate of drug-likeness (QED) is 0.841. The zero-order valence-corrected chi connectivity index (χ0v) is 9.74. The number of halogens is 1. The highest BCUT2D eigenvalue weighted by Gasteiger charge is 2.08. The molecule has 5 heteroatoms. The molecule has 1 rings (SSSR count). The molecule has 0 fully saturated rings. The standard InChI is InChI=1S/C10H13BrN2O2/c11-7-2-1-3-8(6-7)15-5-4-9(12)10(13)14/h1-3,6,9H,4-5,12H2,(H2,13,14). The molecule has 0 spiro atoms. The maximum absolute atomic E-state index is 10.6. The van der Waals surface area contributed by atoms with E-state index in [2.05, 4.69) is 15.9 Å². The van der Waals surface area contributed by atoms with Crippen molar-refractivity contribution in [3.8, 4) is 5.75 Å². The number of carbonyl (C=O) groups excluding carboxylic acids is 1. The Morgan fingerprint density at radius 2 is 2.27 bits per heavy atom. The molecule has 0 aliphatic heterocycles. The van der Waals surface area contributed by atoms with Crippen LogP contribution in [0.4, 0.5) is 0 Å². The number of amides is 1. The zero-order chi connectivity index (χ0) is 11.3. The molecule has 82 valence electrons. The van der Waals surface area contributed by atoms with Gasteiger partial charge in [-0.1, -0.05) is 22.0 Å². The van der Waals surface area contributed by atoms with Crippen LogP contribution < -0.4 is 16.2 Å². The second kappa shape index (κ2) is 5.72. The van der Waals surface area contributed by atoms with E-state index < -0.39 is 11.9 Å². The third kappa shape index (κ3) is 4.31. The molecule has 0 aromatic heterocycles. The molecular formula is C10H13BrN2O2. The van der Waals surface area contributed by atoms with E-state index in [0.717, 1.165) is 10.2 Å². The lowest BCUT2D eigenvalue weighted by atomic mass is 10.2. The number of primary amides is 1. The second-order valence-corrected chi connectivity index (χ2v) is 4.02. The maximum Gasteiger partial charge on any atom is 0.234 e. The van der Waals surface area contributed by atoms with Gasteiger partial charge in [0.2, 0.25) is 5.91 Å². The van der Waals surface area contributed by atoms with Crippen molar-refractivity contribution in [3.63, 3.8) is 0 Å². The molecule has 0 radical (unpaired) electrons. The highest BCUT2D eigenvalue weighted by molar-refractivity contribution is 9.10. The largest absolute Gasteiger partial charge is 0.493 e. The number of hydrogen-bond acceptors (Lipinski definition) is 3. The smallest absolute Gasteiger partial charge is 0.234 e. The Labute approximate surface area is 96.7 Å². The topological polar surface area (TPSA) is 78.3 Å². The fourth-order valence-electron chi connectivity index (χ4n) is 1.00. The molecule has 4 nitrogen and oxygen atoms in total. The summed E-state index contributed by atoms with van der Waals surface area (Å²) < 4.78 is 6.33. The van der Waals surface area contributed by atoms with Gasteiger partial charge in [0.15, 0.2) is 0 Å². The summed E-state index contributed by atoms with van der Waals surface area (Å²) in [4.78, 5) is 10.6. The van der Waals surface area contributed by atoms with Crippen molar-refractivity contribution in [1.82, 2.24) is 0 Å². The van der Waals surface area contributed by atoms with E-state index in [-0.39, 0.29) is 0 Å². The number of hydrogen-bond donors (Lipinski definition) is 2. The highest BCUT2D eigenvalue weighted by Crippen LogP contribution is 2.17. The molecule has 1 unspecified atom stereocenters. The third-order valence-corrected chi connectivity index (χ3v) is 2.35. The number of benzene rings is 1. The number of ether oxygens (including phenoxy) is 1. The van der Waals surface area contributed by atoms with E-state index in [1.165, 1.54) is 0 Å². The summed E-state index contributed by atoms with van der Waals surface area (Å²) in [5.41, 5.74) is 10.5. The third-order valence-electron chi connectivity index (χ3n) is 1.86. The van der Waals surface area contributed by atoms with Crippen molar-refractivity contribution < 1.29 is 9.53 Å². The summed E-state index contributed by atoms with van der Waals surface area (Å²) in [5, 5.41) is 0. The molecule has 1 amide bonds. The molecular weight excluding hydrogens is 260 g/mol. The summed E-state index contributed by atoms with van der Waals surface area (Å²) in [6, 6.07) is 6.81. The summed E-state index contributed by atoms with van der Waals surface area (Å²) in [7, 11) is 0. The molecule has 0 bridgehead atoms. The maximum atomic E-state index is 10.6. The minimum absolute atomic E-state index is 0.376. The Morgan fingerprint density at radius 1 is 1.53 bits per heavy atom. The average molecular weight is 273 g/mol. The first-order chi connectivity index (χ1) is 7.09. The van der Waals surface area contributed by atoms with Gasteiger partial charge in [-0.2, -0.15) is 0 Å². The molecule has 15 heavy (non-hydrogen) atoms. The first-order valence-corrected chi connectivity index (χ1v) is 5.32. The molecule has 4 N–H and O–H groups in total. The monoisotopic (exact) mass is 272 g/mol. The van der Waals surface area contributed by atoms with E-state index in [4.69, 9.17) is 16.2 Å². The fraction of sp³-hybridized carbons (Fsp3) is 0.300. The lowest BCUT2D eigenvalue weighted by Gasteiger charge is -2.09. The Bertz CT molecular complexity index is 344. The molecule has 0 aliphatic rings.